The van der Waals surface area contributed by atoms with Crippen molar-refractivity contribution in [3.05, 3.63) is 54.3 Å². The predicted molar refractivity (Wildman–Crippen MR) is 67.9 cm³/mol. The molecule has 0 saturated carbocycles. The van der Waals surface area contributed by atoms with E-state index in [1.807, 2.05) is 18.2 Å². The maximum absolute atomic E-state index is 10.9. The van der Waals surface area contributed by atoms with Gasteiger partial charge in [0.25, 0.3) is 0 Å². The van der Waals surface area contributed by atoms with Crippen LogP contribution in [0.5, 0.6) is 5.75 Å². The molecule has 0 spiro atoms. The summed E-state index contributed by atoms with van der Waals surface area (Å²) in [5, 5.41) is 19.1. The third kappa shape index (κ3) is 2.90. The zero-order valence-electron chi connectivity index (χ0n) is 9.74. The molecule has 2 rings (SSSR count). The second-order valence-corrected chi connectivity index (χ2v) is 3.73. The van der Waals surface area contributed by atoms with Crippen molar-refractivity contribution in [2.24, 2.45) is 0 Å². The largest absolute Gasteiger partial charge is 0.478 e. The van der Waals surface area contributed by atoms with Gasteiger partial charge in [0, 0.05) is 5.39 Å². The van der Waals surface area contributed by atoms with E-state index in [0.717, 1.165) is 5.39 Å². The maximum atomic E-state index is 10.9. The van der Waals surface area contributed by atoms with E-state index in [1.54, 1.807) is 24.3 Å². The molecule has 0 amide bonds. The topological polar surface area (TPSA) is 83.8 Å². The molecule has 5 nitrogen and oxygen atoms in total. The second-order valence-electron chi connectivity index (χ2n) is 3.73. The van der Waals surface area contributed by atoms with Crippen molar-refractivity contribution in [2.75, 3.05) is 0 Å². The first kappa shape index (κ1) is 12.6. The zero-order valence-corrected chi connectivity index (χ0v) is 9.74. The summed E-state index contributed by atoms with van der Waals surface area (Å²) >= 11 is 0. The van der Waals surface area contributed by atoms with Gasteiger partial charge in [0.05, 0.1) is 6.08 Å². The van der Waals surface area contributed by atoms with E-state index in [-0.39, 0.29) is 0 Å². The Morgan fingerprint density at radius 2 is 1.68 bits per heavy atom. The van der Waals surface area contributed by atoms with Gasteiger partial charge in [-0.25, -0.2) is 9.59 Å². The van der Waals surface area contributed by atoms with Crippen LogP contribution in [-0.4, -0.2) is 22.2 Å². The zero-order chi connectivity index (χ0) is 13.8. The van der Waals surface area contributed by atoms with Crippen LogP contribution in [0.2, 0.25) is 0 Å². The van der Waals surface area contributed by atoms with Crippen LogP contribution in [0, 0.1) is 0 Å². The number of fused-ring (bicyclic) bond motifs is 1. The summed E-state index contributed by atoms with van der Waals surface area (Å²) in [4.78, 5) is 21.5. The molecule has 19 heavy (non-hydrogen) atoms. The van der Waals surface area contributed by atoms with Gasteiger partial charge in [-0.1, -0.05) is 36.4 Å². The lowest BCUT2D eigenvalue weighted by Gasteiger charge is -2.08. The van der Waals surface area contributed by atoms with E-state index in [9.17, 15) is 9.59 Å². The summed E-state index contributed by atoms with van der Waals surface area (Å²) in [6, 6.07) is 12.4. The number of aliphatic carboxylic acids is 2. The fraction of sp³-hybridized carbons (Fsp3) is 0. The highest BCUT2D eigenvalue weighted by atomic mass is 16.5. The monoisotopic (exact) mass is 258 g/mol. The smallest absolute Gasteiger partial charge is 0.372 e. The molecule has 96 valence electrons. The van der Waals surface area contributed by atoms with Gasteiger partial charge < -0.3 is 14.9 Å². The molecule has 0 aliphatic heterocycles. The Labute approximate surface area is 108 Å². The third-order valence-corrected chi connectivity index (χ3v) is 2.43. The molecule has 0 atom stereocenters. The quantitative estimate of drug-likeness (QED) is 0.649. The van der Waals surface area contributed by atoms with E-state index < -0.39 is 17.7 Å². The van der Waals surface area contributed by atoms with Gasteiger partial charge in [-0.3, -0.25) is 0 Å². The maximum Gasteiger partial charge on any atom is 0.372 e. The standard InChI is InChI=1S/C14H10O5/c15-13(16)8-12(14(17)18)19-11-7-3-5-9-4-1-2-6-10(9)11/h1-8H,(H,15,16)(H,17,18). The molecule has 0 bridgehead atoms. The van der Waals surface area contributed by atoms with Crippen molar-refractivity contribution in [2.45, 2.75) is 0 Å². The Morgan fingerprint density at radius 1 is 1.00 bits per heavy atom. The van der Waals surface area contributed by atoms with Gasteiger partial charge in [-0.2, -0.15) is 0 Å². The minimum atomic E-state index is -1.43. The van der Waals surface area contributed by atoms with E-state index in [1.165, 1.54) is 0 Å². The number of hydrogen-bond donors (Lipinski definition) is 2. The molecular weight excluding hydrogens is 248 g/mol. The van der Waals surface area contributed by atoms with Crippen molar-refractivity contribution < 1.29 is 24.5 Å². The minimum absolute atomic E-state index is 0.299. The molecule has 2 N–H and O–H groups in total. The minimum Gasteiger partial charge on any atom is -0.478 e. The van der Waals surface area contributed by atoms with Gasteiger partial charge in [0.1, 0.15) is 5.75 Å². The van der Waals surface area contributed by atoms with Crippen LogP contribution in [0.25, 0.3) is 10.8 Å². The molecule has 2 aromatic carbocycles. The summed E-state index contributed by atoms with van der Waals surface area (Å²) in [6.45, 7) is 0. The van der Waals surface area contributed by atoms with Crippen LogP contribution in [-0.2, 0) is 9.59 Å². The van der Waals surface area contributed by atoms with Gasteiger partial charge in [0.15, 0.2) is 0 Å². The first-order valence-electron chi connectivity index (χ1n) is 5.41. The van der Waals surface area contributed by atoms with Gasteiger partial charge in [-0.15, -0.1) is 0 Å². The fourth-order valence-electron chi connectivity index (χ4n) is 1.65. The summed E-state index contributed by atoms with van der Waals surface area (Å²) in [5.41, 5.74) is 0. The van der Waals surface area contributed by atoms with Crippen LogP contribution < -0.4 is 4.74 Å². The molecule has 0 heterocycles. The molecular formula is C14H10O5. The third-order valence-electron chi connectivity index (χ3n) is 2.43. The first-order valence-corrected chi connectivity index (χ1v) is 5.41. The lowest BCUT2D eigenvalue weighted by Crippen LogP contribution is -2.10. The van der Waals surface area contributed by atoms with Crippen LogP contribution in [0.15, 0.2) is 54.3 Å². The number of carboxylic acids is 2. The molecule has 0 aliphatic carbocycles. The molecule has 0 unspecified atom stereocenters. The molecule has 0 fully saturated rings. The van der Waals surface area contributed by atoms with Crippen molar-refractivity contribution in [1.29, 1.82) is 0 Å². The Bertz CT molecular complexity index is 667. The van der Waals surface area contributed by atoms with E-state index in [2.05, 4.69) is 0 Å². The van der Waals surface area contributed by atoms with Gasteiger partial charge in [-0.05, 0) is 11.5 Å². The summed E-state index contributed by atoms with van der Waals surface area (Å²) in [6.07, 6.45) is 0.518. The van der Waals surface area contributed by atoms with Crippen molar-refractivity contribution >= 4 is 22.7 Å². The van der Waals surface area contributed by atoms with E-state index >= 15 is 0 Å². The Kier molecular flexibility index (Phi) is 3.47. The molecule has 0 aromatic heterocycles. The average molecular weight is 258 g/mol. The normalized spacial score (nSPS) is 11.3. The highest BCUT2D eigenvalue weighted by molar-refractivity contribution is 5.94. The first-order chi connectivity index (χ1) is 9.08. The SMILES string of the molecule is O=C(O)C=C(Oc1cccc2ccccc12)C(=O)O. The number of hydrogen-bond acceptors (Lipinski definition) is 3. The number of rotatable bonds is 4. The van der Waals surface area contributed by atoms with Crippen LogP contribution in [0.4, 0.5) is 0 Å². The predicted octanol–water partition coefficient (Wildman–Crippen LogP) is 2.27. The highest BCUT2D eigenvalue weighted by Gasteiger charge is 2.13. The number of carboxylic acid groups (broad SMARTS) is 2. The number of ether oxygens (including phenoxy) is 1. The summed E-state index contributed by atoms with van der Waals surface area (Å²) < 4.78 is 5.18. The Hall–Kier alpha value is -2.82. The highest BCUT2D eigenvalue weighted by Crippen LogP contribution is 2.26. The molecule has 2 aromatic rings. The van der Waals surface area contributed by atoms with Gasteiger partial charge >= 0.3 is 11.9 Å². The number of carbonyl (C=O) groups is 2. The van der Waals surface area contributed by atoms with Gasteiger partial charge in [0.2, 0.25) is 5.76 Å². The van der Waals surface area contributed by atoms with Crippen LogP contribution >= 0.6 is 0 Å². The van der Waals surface area contributed by atoms with Crippen LogP contribution in [0.3, 0.4) is 0 Å². The van der Waals surface area contributed by atoms with Crippen molar-refractivity contribution in [3.63, 3.8) is 0 Å². The average Bonchev–Trinajstić information content (AvgIpc) is 2.37. The lowest BCUT2D eigenvalue weighted by molar-refractivity contribution is -0.137. The Balaban J connectivity index is 2.45. The Morgan fingerprint density at radius 3 is 2.37 bits per heavy atom. The van der Waals surface area contributed by atoms with Crippen molar-refractivity contribution in [3.8, 4) is 5.75 Å². The van der Waals surface area contributed by atoms with Crippen molar-refractivity contribution in [1.82, 2.24) is 0 Å². The summed E-state index contributed by atoms with van der Waals surface area (Å²) in [7, 11) is 0. The fourth-order valence-corrected chi connectivity index (χ4v) is 1.65. The second kappa shape index (κ2) is 5.22. The van der Waals surface area contributed by atoms with E-state index in [0.29, 0.717) is 17.2 Å². The van der Waals surface area contributed by atoms with E-state index in [4.69, 9.17) is 14.9 Å². The molecule has 0 radical (unpaired) electrons. The van der Waals surface area contributed by atoms with Crippen LogP contribution in [0.1, 0.15) is 0 Å². The molecule has 0 saturated heterocycles. The summed E-state index contributed by atoms with van der Waals surface area (Å²) in [5.74, 6) is -3.15. The number of benzene rings is 2. The molecule has 5 heteroatoms. The lowest BCUT2D eigenvalue weighted by atomic mass is 10.1. The molecule has 0 aliphatic rings.